The molecular formula is C27H37N5O2. The van der Waals surface area contributed by atoms with E-state index in [0.717, 1.165) is 35.7 Å². The third-order valence-corrected chi connectivity index (χ3v) is 6.57. The van der Waals surface area contributed by atoms with Gasteiger partial charge in [0.05, 0.1) is 29.2 Å². The summed E-state index contributed by atoms with van der Waals surface area (Å²) in [5.74, 6) is 1.40. The third kappa shape index (κ3) is 5.58. The number of hydrogen-bond acceptors (Lipinski definition) is 5. The molecule has 1 fully saturated rings. The highest BCUT2D eigenvalue weighted by Gasteiger charge is 2.24. The standard InChI is InChI=1S/C27H37N5O2/c1-6-34-27(4,5)18-31-17-24(32(26(31)33)22-9-7-8-20(3)16-22)23-14-15-28-25(30-23)29-21-12-10-19(2)11-13-21/h7-9,14-17,19,21H,6,10-13,18H2,1-5H3,(H,28,29,30)/t19-,21-. The monoisotopic (exact) mass is 463 g/mol. The van der Waals surface area contributed by atoms with Crippen LogP contribution in [-0.4, -0.2) is 37.4 Å². The lowest BCUT2D eigenvalue weighted by Crippen LogP contribution is -2.35. The Bertz CT molecular complexity index is 1170. The normalized spacial score (nSPS) is 18.7. The second-order valence-corrected chi connectivity index (χ2v) is 10.2. The van der Waals surface area contributed by atoms with Crippen molar-refractivity contribution in [2.45, 2.75) is 78.5 Å². The minimum atomic E-state index is -0.467. The minimum absolute atomic E-state index is 0.109. The highest BCUT2D eigenvalue weighted by Crippen LogP contribution is 2.27. The van der Waals surface area contributed by atoms with Crippen molar-refractivity contribution in [1.82, 2.24) is 19.1 Å². The molecule has 4 rings (SSSR count). The molecule has 1 saturated carbocycles. The zero-order valence-electron chi connectivity index (χ0n) is 21.0. The van der Waals surface area contributed by atoms with Crippen LogP contribution in [0.4, 0.5) is 5.95 Å². The van der Waals surface area contributed by atoms with E-state index < -0.39 is 5.60 Å². The molecule has 2 aromatic heterocycles. The smallest absolute Gasteiger partial charge is 0.333 e. The van der Waals surface area contributed by atoms with Crippen molar-refractivity contribution in [3.05, 3.63) is 58.8 Å². The van der Waals surface area contributed by atoms with E-state index in [9.17, 15) is 4.79 Å². The molecule has 182 valence electrons. The van der Waals surface area contributed by atoms with Gasteiger partial charge in [-0.1, -0.05) is 19.1 Å². The van der Waals surface area contributed by atoms with Crippen LogP contribution in [-0.2, 0) is 11.3 Å². The highest BCUT2D eigenvalue weighted by molar-refractivity contribution is 5.59. The summed E-state index contributed by atoms with van der Waals surface area (Å²) in [4.78, 5) is 22.9. The zero-order valence-corrected chi connectivity index (χ0v) is 21.0. The molecule has 1 N–H and O–H groups in total. The van der Waals surface area contributed by atoms with Crippen molar-refractivity contribution in [1.29, 1.82) is 0 Å². The van der Waals surface area contributed by atoms with Crippen molar-refractivity contribution in [2.75, 3.05) is 11.9 Å². The molecule has 34 heavy (non-hydrogen) atoms. The van der Waals surface area contributed by atoms with Crippen molar-refractivity contribution >= 4 is 5.95 Å². The fourth-order valence-electron chi connectivity index (χ4n) is 4.81. The quantitative estimate of drug-likeness (QED) is 0.496. The summed E-state index contributed by atoms with van der Waals surface area (Å²) in [5.41, 5.74) is 2.80. The van der Waals surface area contributed by atoms with E-state index >= 15 is 0 Å². The highest BCUT2D eigenvalue weighted by atomic mass is 16.5. The van der Waals surface area contributed by atoms with Crippen LogP contribution >= 0.6 is 0 Å². The Morgan fingerprint density at radius 1 is 1.18 bits per heavy atom. The number of aryl methyl sites for hydroxylation is 1. The molecule has 1 aliphatic rings. The lowest BCUT2D eigenvalue weighted by molar-refractivity contribution is -0.0230. The molecule has 1 aliphatic carbocycles. The summed E-state index contributed by atoms with van der Waals surface area (Å²) in [7, 11) is 0. The Kier molecular flexibility index (Phi) is 7.22. The van der Waals surface area contributed by atoms with Crippen LogP contribution < -0.4 is 11.0 Å². The van der Waals surface area contributed by atoms with Gasteiger partial charge in [-0.25, -0.2) is 14.8 Å². The van der Waals surface area contributed by atoms with Gasteiger partial charge >= 0.3 is 5.69 Å². The lowest BCUT2D eigenvalue weighted by atomic mass is 9.87. The van der Waals surface area contributed by atoms with Gasteiger partial charge in [-0.2, -0.15) is 0 Å². The average Bonchev–Trinajstić information content (AvgIpc) is 3.11. The SMILES string of the molecule is CCOC(C)(C)Cn1cc(-c2ccnc(N[C@H]3CC[C@H](C)CC3)n2)n(-c2cccc(C)c2)c1=O. The Morgan fingerprint density at radius 3 is 2.65 bits per heavy atom. The summed E-state index contributed by atoms with van der Waals surface area (Å²) in [6.45, 7) is 11.4. The van der Waals surface area contributed by atoms with Crippen LogP contribution in [0.3, 0.4) is 0 Å². The minimum Gasteiger partial charge on any atom is -0.374 e. The van der Waals surface area contributed by atoms with Gasteiger partial charge in [-0.05, 0) is 83.1 Å². The van der Waals surface area contributed by atoms with E-state index in [-0.39, 0.29) is 5.69 Å². The fourth-order valence-corrected chi connectivity index (χ4v) is 4.81. The average molecular weight is 464 g/mol. The summed E-state index contributed by atoms with van der Waals surface area (Å²) in [5, 5.41) is 3.52. The van der Waals surface area contributed by atoms with Crippen molar-refractivity contribution in [3.8, 4) is 17.1 Å². The van der Waals surface area contributed by atoms with Crippen molar-refractivity contribution in [3.63, 3.8) is 0 Å². The molecule has 0 spiro atoms. The van der Waals surface area contributed by atoms with Gasteiger partial charge in [0, 0.05) is 25.0 Å². The first-order valence-corrected chi connectivity index (χ1v) is 12.4. The molecule has 0 bridgehead atoms. The second kappa shape index (κ2) is 10.1. The van der Waals surface area contributed by atoms with Gasteiger partial charge in [-0.15, -0.1) is 0 Å². The first kappa shape index (κ1) is 24.2. The van der Waals surface area contributed by atoms with E-state index in [0.29, 0.717) is 30.8 Å². The molecule has 7 heteroatoms. The van der Waals surface area contributed by atoms with E-state index in [4.69, 9.17) is 9.72 Å². The summed E-state index contributed by atoms with van der Waals surface area (Å²) in [6, 6.07) is 10.2. The maximum Gasteiger partial charge on any atom is 0.333 e. The predicted octanol–water partition coefficient (Wildman–Crippen LogP) is 5.21. The molecule has 0 unspecified atom stereocenters. The first-order chi connectivity index (χ1) is 16.3. The first-order valence-electron chi connectivity index (χ1n) is 12.4. The Morgan fingerprint density at radius 2 is 1.94 bits per heavy atom. The second-order valence-electron chi connectivity index (χ2n) is 10.2. The van der Waals surface area contributed by atoms with E-state index in [1.165, 1.54) is 12.8 Å². The van der Waals surface area contributed by atoms with E-state index in [1.807, 2.05) is 64.2 Å². The molecule has 0 radical (unpaired) electrons. The largest absolute Gasteiger partial charge is 0.374 e. The number of ether oxygens (including phenoxy) is 1. The van der Waals surface area contributed by atoms with Crippen molar-refractivity contribution in [2.24, 2.45) is 5.92 Å². The number of aromatic nitrogens is 4. The number of anilines is 1. The molecule has 2 heterocycles. The molecule has 0 atom stereocenters. The number of benzene rings is 1. The molecule has 0 amide bonds. The number of rotatable bonds is 8. The van der Waals surface area contributed by atoms with Crippen LogP contribution in [0, 0.1) is 12.8 Å². The molecule has 3 aromatic rings. The summed E-state index contributed by atoms with van der Waals surface area (Å²) in [6.07, 6.45) is 8.37. The van der Waals surface area contributed by atoms with Crippen LogP contribution in [0.25, 0.3) is 17.1 Å². The van der Waals surface area contributed by atoms with Crippen LogP contribution in [0.2, 0.25) is 0 Å². The van der Waals surface area contributed by atoms with Gasteiger partial charge < -0.3 is 10.1 Å². The van der Waals surface area contributed by atoms with Gasteiger partial charge in [0.1, 0.15) is 0 Å². The Labute approximate surface area is 202 Å². The Balaban J connectivity index is 1.73. The molecular weight excluding hydrogens is 426 g/mol. The molecule has 7 nitrogen and oxygen atoms in total. The zero-order chi connectivity index (χ0) is 24.3. The maximum absolute atomic E-state index is 13.6. The van der Waals surface area contributed by atoms with Crippen LogP contribution in [0.1, 0.15) is 58.9 Å². The number of hydrogen-bond donors (Lipinski definition) is 1. The van der Waals surface area contributed by atoms with Gasteiger partial charge in [0.2, 0.25) is 5.95 Å². The topological polar surface area (TPSA) is 74.0 Å². The Hall–Kier alpha value is -2.93. The van der Waals surface area contributed by atoms with Gasteiger partial charge in [0.25, 0.3) is 0 Å². The maximum atomic E-state index is 13.6. The van der Waals surface area contributed by atoms with E-state index in [1.54, 1.807) is 15.3 Å². The third-order valence-electron chi connectivity index (χ3n) is 6.57. The summed E-state index contributed by atoms with van der Waals surface area (Å²) < 4.78 is 9.34. The van der Waals surface area contributed by atoms with Gasteiger partial charge in [-0.3, -0.25) is 9.13 Å². The van der Waals surface area contributed by atoms with E-state index in [2.05, 4.69) is 17.2 Å². The van der Waals surface area contributed by atoms with Gasteiger partial charge in [0.15, 0.2) is 0 Å². The fraction of sp³-hybridized carbons (Fsp3) is 0.519. The van der Waals surface area contributed by atoms with Crippen LogP contribution in [0.15, 0.2) is 47.5 Å². The summed E-state index contributed by atoms with van der Waals surface area (Å²) >= 11 is 0. The number of imidazole rings is 1. The molecule has 0 aliphatic heterocycles. The molecule has 1 aromatic carbocycles. The van der Waals surface area contributed by atoms with Crippen molar-refractivity contribution < 1.29 is 4.74 Å². The number of nitrogens with zero attached hydrogens (tertiary/aromatic N) is 4. The van der Waals surface area contributed by atoms with Crippen LogP contribution in [0.5, 0.6) is 0 Å². The predicted molar refractivity (Wildman–Crippen MR) is 137 cm³/mol. The number of nitrogens with one attached hydrogen (secondary N) is 1. The lowest BCUT2D eigenvalue weighted by Gasteiger charge is -2.26. The molecule has 0 saturated heterocycles.